The van der Waals surface area contributed by atoms with Crippen LogP contribution in [0, 0.1) is 0 Å². The van der Waals surface area contributed by atoms with Gasteiger partial charge in [-0.25, -0.2) is 5.43 Å². The summed E-state index contributed by atoms with van der Waals surface area (Å²) in [6.07, 6.45) is 1.34. The van der Waals surface area contributed by atoms with E-state index in [1.807, 2.05) is 19.9 Å². The van der Waals surface area contributed by atoms with Gasteiger partial charge in [0.15, 0.2) is 0 Å². The van der Waals surface area contributed by atoms with E-state index in [1.54, 1.807) is 12.1 Å². The highest BCUT2D eigenvalue weighted by atomic mass is 16.3. The van der Waals surface area contributed by atoms with Crippen molar-refractivity contribution in [1.29, 1.82) is 0 Å². The van der Waals surface area contributed by atoms with Crippen LogP contribution < -0.4 is 15.8 Å². The second-order valence-electron chi connectivity index (χ2n) is 5.39. The fraction of sp³-hybridized carbons (Fsp3) is 0.222. The van der Waals surface area contributed by atoms with E-state index in [-0.39, 0.29) is 17.1 Å². The number of nitrogens with zero attached hydrogens (tertiary/aromatic N) is 2. The maximum Gasteiger partial charge on any atom is 0.275 e. The highest BCUT2D eigenvalue weighted by molar-refractivity contribution is 6.32. The number of benzene rings is 2. The number of phenols is 2. The fourth-order valence-corrected chi connectivity index (χ4v) is 2.38. The predicted octanol–water partition coefficient (Wildman–Crippen LogP) is 1.50. The van der Waals surface area contributed by atoms with E-state index in [1.165, 1.54) is 24.4 Å². The molecule has 2 radical (unpaired) electrons. The number of phenolic OH excluding ortho intramolecular Hbond substituents is 2. The van der Waals surface area contributed by atoms with Gasteiger partial charge in [-0.3, -0.25) is 4.79 Å². The van der Waals surface area contributed by atoms with Gasteiger partial charge in [-0.2, -0.15) is 5.10 Å². The molecule has 0 aromatic heterocycles. The summed E-state index contributed by atoms with van der Waals surface area (Å²) in [5.41, 5.74) is 4.06. The zero-order chi connectivity index (χ0) is 18.4. The first kappa shape index (κ1) is 18.4. The van der Waals surface area contributed by atoms with E-state index in [4.69, 9.17) is 7.85 Å². The molecule has 6 nitrogen and oxygen atoms in total. The zero-order valence-electron chi connectivity index (χ0n) is 14.2. The van der Waals surface area contributed by atoms with Gasteiger partial charge >= 0.3 is 0 Å². The minimum absolute atomic E-state index is 0.0262. The number of hydrogen-bond acceptors (Lipinski definition) is 5. The van der Waals surface area contributed by atoms with Crippen LogP contribution in [-0.2, 0) is 0 Å². The Kier molecular flexibility index (Phi) is 6.06. The lowest BCUT2D eigenvalue weighted by Crippen LogP contribution is -2.21. The van der Waals surface area contributed by atoms with Crippen LogP contribution in [0.1, 0.15) is 29.8 Å². The second kappa shape index (κ2) is 8.23. The number of aromatic hydroxyl groups is 2. The minimum atomic E-state index is -0.597. The molecule has 7 heteroatoms. The smallest absolute Gasteiger partial charge is 0.275 e. The van der Waals surface area contributed by atoms with Gasteiger partial charge in [0.05, 0.1) is 11.8 Å². The number of rotatable bonds is 6. The van der Waals surface area contributed by atoms with Gasteiger partial charge < -0.3 is 15.1 Å². The molecule has 0 atom stereocenters. The molecule has 0 aliphatic rings. The molecule has 0 heterocycles. The second-order valence-corrected chi connectivity index (χ2v) is 5.39. The number of hydrazone groups is 1. The van der Waals surface area contributed by atoms with Crippen molar-refractivity contribution in [2.75, 3.05) is 18.0 Å². The standard InChI is InChI=1S/C18H20BN3O3/c1-3-22(4-2)14-7-5-12(17(24)10-14)11-20-21-18(25)15-9-13(19)6-8-16(15)23/h5-11,23-24H,3-4H2,1-2H3,(H,21,25)/b20-11+. The molecule has 0 aliphatic carbocycles. The first-order chi connectivity index (χ1) is 12.0. The lowest BCUT2D eigenvalue weighted by Gasteiger charge is -2.21. The minimum Gasteiger partial charge on any atom is -0.507 e. The van der Waals surface area contributed by atoms with Crippen LogP contribution in [0.25, 0.3) is 0 Å². The van der Waals surface area contributed by atoms with Gasteiger partial charge in [-0.15, -0.1) is 0 Å². The Hall–Kier alpha value is -2.96. The van der Waals surface area contributed by atoms with Crippen LogP contribution >= 0.6 is 0 Å². The summed E-state index contributed by atoms with van der Waals surface area (Å²) < 4.78 is 0. The van der Waals surface area contributed by atoms with Crippen molar-refractivity contribution >= 4 is 31.1 Å². The summed E-state index contributed by atoms with van der Waals surface area (Å²) in [6.45, 7) is 5.75. The summed E-state index contributed by atoms with van der Waals surface area (Å²) in [4.78, 5) is 14.1. The lowest BCUT2D eigenvalue weighted by molar-refractivity contribution is 0.0952. The van der Waals surface area contributed by atoms with Crippen LogP contribution in [0.3, 0.4) is 0 Å². The molecule has 2 aromatic carbocycles. The van der Waals surface area contributed by atoms with Gasteiger partial charge in [0.25, 0.3) is 5.91 Å². The largest absolute Gasteiger partial charge is 0.507 e. The highest BCUT2D eigenvalue weighted by Crippen LogP contribution is 2.23. The number of carbonyl (C=O) groups excluding carboxylic acids is 1. The molecule has 0 bridgehead atoms. The molecule has 25 heavy (non-hydrogen) atoms. The van der Waals surface area contributed by atoms with Crippen LogP contribution in [0.5, 0.6) is 11.5 Å². The third-order valence-electron chi connectivity index (χ3n) is 3.78. The first-order valence-corrected chi connectivity index (χ1v) is 7.96. The van der Waals surface area contributed by atoms with Gasteiger partial charge in [0, 0.05) is 30.4 Å². The SMILES string of the molecule is [B]c1ccc(O)c(C(=O)N/N=C/c2ccc(N(CC)CC)cc2O)c1. The monoisotopic (exact) mass is 337 g/mol. The number of anilines is 1. The molecule has 2 aromatic rings. The Morgan fingerprint density at radius 2 is 1.88 bits per heavy atom. The summed E-state index contributed by atoms with van der Waals surface area (Å²) in [5, 5.41) is 23.6. The third kappa shape index (κ3) is 4.53. The van der Waals surface area contributed by atoms with Gasteiger partial charge in [0.1, 0.15) is 19.3 Å². The van der Waals surface area contributed by atoms with E-state index in [9.17, 15) is 15.0 Å². The van der Waals surface area contributed by atoms with E-state index < -0.39 is 5.91 Å². The fourth-order valence-electron chi connectivity index (χ4n) is 2.38. The molecule has 0 fully saturated rings. The highest BCUT2D eigenvalue weighted by Gasteiger charge is 2.10. The molecule has 0 spiro atoms. The van der Waals surface area contributed by atoms with Crippen molar-refractivity contribution in [3.05, 3.63) is 47.5 Å². The Bertz CT molecular complexity index is 789. The Morgan fingerprint density at radius 1 is 1.16 bits per heavy atom. The molecule has 0 aliphatic heterocycles. The van der Waals surface area contributed by atoms with Crippen molar-refractivity contribution < 1.29 is 15.0 Å². The number of hydrogen-bond donors (Lipinski definition) is 3. The number of carbonyl (C=O) groups is 1. The zero-order valence-corrected chi connectivity index (χ0v) is 14.2. The average Bonchev–Trinajstić information content (AvgIpc) is 2.59. The number of amides is 1. The Labute approximate surface area is 148 Å². The van der Waals surface area contributed by atoms with Gasteiger partial charge in [-0.1, -0.05) is 17.6 Å². The normalized spacial score (nSPS) is 10.8. The van der Waals surface area contributed by atoms with E-state index >= 15 is 0 Å². The molecule has 1 amide bonds. The summed E-state index contributed by atoms with van der Waals surface area (Å²) in [6, 6.07) is 9.43. The molecule has 3 N–H and O–H groups in total. The van der Waals surface area contributed by atoms with Crippen molar-refractivity contribution in [3.8, 4) is 11.5 Å². The van der Waals surface area contributed by atoms with Gasteiger partial charge in [0.2, 0.25) is 0 Å². The maximum atomic E-state index is 12.0. The quantitative estimate of drug-likeness (QED) is 0.424. The predicted molar refractivity (Wildman–Crippen MR) is 100 cm³/mol. The van der Waals surface area contributed by atoms with Crippen LogP contribution in [0.15, 0.2) is 41.5 Å². The van der Waals surface area contributed by atoms with E-state index in [0.29, 0.717) is 11.0 Å². The molecule has 2 rings (SSSR count). The van der Waals surface area contributed by atoms with Gasteiger partial charge in [-0.05, 0) is 32.0 Å². The van der Waals surface area contributed by atoms with Crippen LogP contribution in [0.2, 0.25) is 0 Å². The van der Waals surface area contributed by atoms with Crippen molar-refractivity contribution in [3.63, 3.8) is 0 Å². The van der Waals surface area contributed by atoms with Crippen LogP contribution in [0.4, 0.5) is 5.69 Å². The first-order valence-electron chi connectivity index (χ1n) is 7.96. The van der Waals surface area contributed by atoms with Crippen molar-refractivity contribution in [2.24, 2.45) is 5.10 Å². The Morgan fingerprint density at radius 3 is 2.52 bits per heavy atom. The summed E-state index contributed by atoms with van der Waals surface area (Å²) >= 11 is 0. The van der Waals surface area contributed by atoms with E-state index in [0.717, 1.165) is 18.8 Å². The summed E-state index contributed by atoms with van der Waals surface area (Å²) in [5.74, 6) is -0.720. The number of nitrogens with one attached hydrogen (secondary N) is 1. The lowest BCUT2D eigenvalue weighted by atomic mass is 9.94. The summed E-state index contributed by atoms with van der Waals surface area (Å²) in [7, 11) is 5.60. The third-order valence-corrected chi connectivity index (χ3v) is 3.78. The molecule has 0 saturated heterocycles. The molecule has 0 saturated carbocycles. The maximum absolute atomic E-state index is 12.0. The Balaban J connectivity index is 2.09. The average molecular weight is 337 g/mol. The van der Waals surface area contributed by atoms with E-state index in [2.05, 4.69) is 15.4 Å². The topological polar surface area (TPSA) is 85.2 Å². The van der Waals surface area contributed by atoms with Crippen LogP contribution in [-0.4, -0.2) is 43.3 Å². The molecule has 0 unspecified atom stereocenters. The van der Waals surface area contributed by atoms with Crippen molar-refractivity contribution in [2.45, 2.75) is 13.8 Å². The molecular formula is C18H20BN3O3. The molecule has 128 valence electrons. The molecular weight excluding hydrogens is 317 g/mol. The van der Waals surface area contributed by atoms with Crippen molar-refractivity contribution in [1.82, 2.24) is 5.43 Å².